The van der Waals surface area contributed by atoms with Crippen LogP contribution in [0.15, 0.2) is 0 Å². The van der Waals surface area contributed by atoms with Gasteiger partial charge in [0.2, 0.25) is 0 Å². The van der Waals surface area contributed by atoms with Gasteiger partial charge < -0.3 is 9.47 Å². The highest BCUT2D eigenvalue weighted by molar-refractivity contribution is 6.26. The molecule has 1 spiro atoms. The van der Waals surface area contributed by atoms with Crippen molar-refractivity contribution in [1.29, 1.82) is 0 Å². The van der Waals surface area contributed by atoms with Crippen LogP contribution < -0.4 is 0 Å². The number of rotatable bonds is 0. The average Bonchev–Trinajstić information content (AvgIpc) is 2.48. The van der Waals surface area contributed by atoms with Gasteiger partial charge in [-0.05, 0) is 19.3 Å². The van der Waals surface area contributed by atoms with Gasteiger partial charge in [0.15, 0.2) is 5.79 Å². The van der Waals surface area contributed by atoms with Crippen molar-refractivity contribution in [2.75, 3.05) is 13.2 Å². The molecule has 0 aromatic heterocycles. The normalized spacial score (nSPS) is 54.5. The van der Waals surface area contributed by atoms with Gasteiger partial charge in [-0.3, -0.25) is 0 Å². The molecule has 0 aromatic carbocycles. The van der Waals surface area contributed by atoms with Gasteiger partial charge in [0.05, 0.1) is 18.1 Å². The van der Waals surface area contributed by atoms with Crippen molar-refractivity contribution in [3.63, 3.8) is 0 Å². The summed E-state index contributed by atoms with van der Waals surface area (Å²) < 4.78 is 11.4. The van der Waals surface area contributed by atoms with E-state index in [1.54, 1.807) is 0 Å². The lowest BCUT2D eigenvalue weighted by atomic mass is 10.1. The molecule has 0 aromatic rings. The molecule has 1 saturated heterocycles. The topological polar surface area (TPSA) is 18.5 Å². The smallest absolute Gasteiger partial charge is 0.173 e. The van der Waals surface area contributed by atoms with E-state index in [0.29, 0.717) is 11.8 Å². The first-order valence-electron chi connectivity index (χ1n) is 4.64. The molecule has 3 rings (SSSR count). The Labute approximate surface area is 77.2 Å². The number of hydrogen-bond donors (Lipinski definition) is 0. The molecule has 1 aliphatic heterocycles. The largest absolute Gasteiger partial charge is 0.347 e. The number of ether oxygens (including phenoxy) is 2. The van der Waals surface area contributed by atoms with Crippen LogP contribution in [0.2, 0.25) is 0 Å². The number of fused-ring (bicyclic) bond motifs is 2. The van der Waals surface area contributed by atoms with Crippen LogP contribution in [0.1, 0.15) is 19.8 Å². The van der Waals surface area contributed by atoms with Crippen LogP contribution in [-0.4, -0.2) is 23.9 Å². The molecule has 0 amide bonds. The Bertz CT molecular complexity index is 215. The molecule has 0 N–H and O–H groups in total. The molecule has 12 heavy (non-hydrogen) atoms. The molecular formula is C9H13ClO2. The monoisotopic (exact) mass is 188 g/mol. The standard InChI is InChI=1S/C9H13ClO2/c1-8(10)6-2-3-9(7(6)8)11-4-5-12-9/h6-7H,2-5H2,1H3. The Hall–Kier alpha value is 0.210. The van der Waals surface area contributed by atoms with Crippen LogP contribution in [0.3, 0.4) is 0 Å². The van der Waals surface area contributed by atoms with Crippen molar-refractivity contribution in [2.45, 2.75) is 30.4 Å². The minimum atomic E-state index is -0.277. The maximum absolute atomic E-state index is 6.32. The fraction of sp³-hybridized carbons (Fsp3) is 1.00. The Morgan fingerprint density at radius 3 is 2.50 bits per heavy atom. The zero-order chi connectivity index (χ0) is 8.40. The zero-order valence-corrected chi connectivity index (χ0v) is 7.93. The summed E-state index contributed by atoms with van der Waals surface area (Å²) in [5.74, 6) is 0.813. The maximum atomic E-state index is 6.32. The van der Waals surface area contributed by atoms with E-state index in [4.69, 9.17) is 21.1 Å². The van der Waals surface area contributed by atoms with Crippen LogP contribution in [-0.2, 0) is 9.47 Å². The lowest BCUT2D eigenvalue weighted by Crippen LogP contribution is -2.33. The zero-order valence-electron chi connectivity index (χ0n) is 7.18. The maximum Gasteiger partial charge on any atom is 0.173 e. The molecule has 1 heterocycles. The predicted octanol–water partition coefficient (Wildman–Crippen LogP) is 1.77. The summed E-state index contributed by atoms with van der Waals surface area (Å²) in [6, 6.07) is 0. The van der Waals surface area contributed by atoms with Gasteiger partial charge in [0.1, 0.15) is 0 Å². The summed E-state index contributed by atoms with van der Waals surface area (Å²) in [6.45, 7) is 3.60. The third kappa shape index (κ3) is 0.699. The summed E-state index contributed by atoms with van der Waals surface area (Å²) in [6.07, 6.45) is 2.22. The summed E-state index contributed by atoms with van der Waals surface area (Å²) in [7, 11) is 0. The molecule has 0 radical (unpaired) electrons. The van der Waals surface area contributed by atoms with E-state index in [-0.39, 0.29) is 10.7 Å². The van der Waals surface area contributed by atoms with Gasteiger partial charge in [0, 0.05) is 12.3 Å². The van der Waals surface area contributed by atoms with Gasteiger partial charge in [-0.2, -0.15) is 0 Å². The van der Waals surface area contributed by atoms with Crippen molar-refractivity contribution in [1.82, 2.24) is 0 Å². The molecular weight excluding hydrogens is 176 g/mol. The van der Waals surface area contributed by atoms with E-state index in [1.165, 1.54) is 6.42 Å². The van der Waals surface area contributed by atoms with E-state index < -0.39 is 0 Å². The SMILES string of the molecule is CC1(Cl)C2CCC3(OCCO3)C21. The van der Waals surface area contributed by atoms with Crippen LogP contribution >= 0.6 is 11.6 Å². The molecule has 0 bridgehead atoms. The summed E-state index contributed by atoms with van der Waals surface area (Å²) in [5, 5.41) is 0. The van der Waals surface area contributed by atoms with Crippen LogP contribution in [0.5, 0.6) is 0 Å². The van der Waals surface area contributed by atoms with Crippen molar-refractivity contribution < 1.29 is 9.47 Å². The number of halogens is 1. The Balaban J connectivity index is 1.90. The molecule has 2 nitrogen and oxygen atoms in total. The first-order chi connectivity index (χ1) is 5.67. The third-order valence-electron chi connectivity index (χ3n) is 3.68. The van der Waals surface area contributed by atoms with E-state index in [9.17, 15) is 0 Å². The van der Waals surface area contributed by atoms with E-state index in [1.807, 2.05) is 0 Å². The molecule has 2 saturated carbocycles. The third-order valence-corrected chi connectivity index (χ3v) is 4.20. The second-order valence-corrected chi connectivity index (χ2v) is 5.10. The molecule has 68 valence electrons. The van der Waals surface area contributed by atoms with Gasteiger partial charge in [-0.1, -0.05) is 0 Å². The minimum absolute atomic E-state index is 0.0391. The second-order valence-electron chi connectivity index (χ2n) is 4.28. The fourth-order valence-corrected chi connectivity index (χ4v) is 3.55. The first kappa shape index (κ1) is 7.60. The molecule has 3 atom stereocenters. The van der Waals surface area contributed by atoms with E-state index >= 15 is 0 Å². The van der Waals surface area contributed by atoms with Gasteiger partial charge >= 0.3 is 0 Å². The quantitative estimate of drug-likeness (QED) is 0.540. The first-order valence-corrected chi connectivity index (χ1v) is 5.01. The van der Waals surface area contributed by atoms with E-state index in [0.717, 1.165) is 19.6 Å². The van der Waals surface area contributed by atoms with Crippen LogP contribution in [0.25, 0.3) is 0 Å². The fourth-order valence-electron chi connectivity index (χ4n) is 3.06. The molecule has 3 unspecified atom stereocenters. The lowest BCUT2D eigenvalue weighted by molar-refractivity contribution is -0.168. The Morgan fingerprint density at radius 1 is 1.33 bits per heavy atom. The number of alkyl halides is 1. The Kier molecular flexibility index (Phi) is 1.26. The minimum Gasteiger partial charge on any atom is -0.347 e. The Morgan fingerprint density at radius 2 is 2.00 bits per heavy atom. The summed E-state index contributed by atoms with van der Waals surface area (Å²) in [4.78, 5) is -0.0391. The van der Waals surface area contributed by atoms with Crippen molar-refractivity contribution in [3.05, 3.63) is 0 Å². The molecule has 3 aliphatic rings. The molecule has 3 fully saturated rings. The van der Waals surface area contributed by atoms with Crippen molar-refractivity contribution in [2.24, 2.45) is 11.8 Å². The lowest BCUT2D eigenvalue weighted by Gasteiger charge is -2.26. The van der Waals surface area contributed by atoms with Crippen LogP contribution in [0, 0.1) is 11.8 Å². The molecule has 2 aliphatic carbocycles. The van der Waals surface area contributed by atoms with Gasteiger partial charge in [-0.15, -0.1) is 11.6 Å². The van der Waals surface area contributed by atoms with Gasteiger partial charge in [0.25, 0.3) is 0 Å². The highest BCUT2D eigenvalue weighted by Gasteiger charge is 2.74. The molecule has 3 heteroatoms. The highest BCUT2D eigenvalue weighted by atomic mass is 35.5. The van der Waals surface area contributed by atoms with Crippen molar-refractivity contribution in [3.8, 4) is 0 Å². The highest BCUT2D eigenvalue weighted by Crippen LogP contribution is 2.70. The van der Waals surface area contributed by atoms with Crippen molar-refractivity contribution >= 4 is 11.6 Å². The summed E-state index contributed by atoms with van der Waals surface area (Å²) in [5.41, 5.74) is 0. The second kappa shape index (κ2) is 1.99. The average molecular weight is 189 g/mol. The van der Waals surface area contributed by atoms with Crippen LogP contribution in [0.4, 0.5) is 0 Å². The van der Waals surface area contributed by atoms with E-state index in [2.05, 4.69) is 6.92 Å². The van der Waals surface area contributed by atoms with Gasteiger partial charge in [-0.25, -0.2) is 0 Å². The predicted molar refractivity (Wildman–Crippen MR) is 45.1 cm³/mol. The summed E-state index contributed by atoms with van der Waals surface area (Å²) >= 11 is 6.32. The number of hydrogen-bond acceptors (Lipinski definition) is 2.